The Hall–Kier alpha value is -3.44. The molecule has 0 saturated heterocycles. The van der Waals surface area contributed by atoms with Crippen molar-refractivity contribution in [3.63, 3.8) is 0 Å². The summed E-state index contributed by atoms with van der Waals surface area (Å²) in [6, 6.07) is 11.2. The fourth-order valence-corrected chi connectivity index (χ4v) is 6.12. The molecular formula is C36H49F2N3O5. The summed E-state index contributed by atoms with van der Waals surface area (Å²) in [7, 11) is 0. The highest BCUT2D eigenvalue weighted by atomic mass is 19.1. The van der Waals surface area contributed by atoms with Crippen LogP contribution in [0.5, 0.6) is 0 Å². The minimum absolute atomic E-state index is 0.0601. The maximum atomic E-state index is 14.3. The van der Waals surface area contributed by atoms with E-state index >= 15 is 0 Å². The van der Waals surface area contributed by atoms with Crippen LogP contribution in [0.4, 0.5) is 8.78 Å². The van der Waals surface area contributed by atoms with Crippen LogP contribution < -0.4 is 11.1 Å². The van der Waals surface area contributed by atoms with E-state index in [1.165, 1.54) is 17.7 Å². The zero-order valence-corrected chi connectivity index (χ0v) is 27.5. The van der Waals surface area contributed by atoms with Crippen LogP contribution in [0.1, 0.15) is 50.8 Å². The summed E-state index contributed by atoms with van der Waals surface area (Å²) in [5, 5.41) is 15.0. The zero-order valence-electron chi connectivity index (χ0n) is 27.5. The number of aliphatic hydroxyl groups excluding tert-OH is 1. The summed E-state index contributed by atoms with van der Waals surface area (Å²) < 4.78 is 39.6. The number of aliphatic hydroxyl groups is 1. The first-order valence-corrected chi connectivity index (χ1v) is 16.1. The summed E-state index contributed by atoms with van der Waals surface area (Å²) in [5.41, 5.74) is 8.07. The number of hydrogen-bond donors (Lipinski definition) is 3. The summed E-state index contributed by atoms with van der Waals surface area (Å²) in [4.78, 5) is 29.1. The molecule has 0 fully saturated rings. The average molecular weight is 642 g/mol. The van der Waals surface area contributed by atoms with Crippen molar-refractivity contribution in [3.8, 4) is 0 Å². The van der Waals surface area contributed by atoms with Crippen LogP contribution in [0.25, 0.3) is 0 Å². The Morgan fingerprint density at radius 2 is 1.63 bits per heavy atom. The number of carbonyl (C=O) groups is 2. The molecule has 1 aliphatic carbocycles. The van der Waals surface area contributed by atoms with E-state index < -0.39 is 35.0 Å². The zero-order chi connectivity index (χ0) is 33.7. The first kappa shape index (κ1) is 37.0. The molecule has 1 aliphatic rings. The molecular weight excluding hydrogens is 592 g/mol. The molecule has 3 rings (SSSR count). The van der Waals surface area contributed by atoms with E-state index in [9.17, 15) is 23.5 Å². The number of ether oxygens (including phenoxy) is 2. The average Bonchev–Trinajstić information content (AvgIpc) is 3.01. The fraction of sp³-hybridized carbons (Fsp3) is 0.500. The topological polar surface area (TPSA) is 114 Å². The molecule has 0 aromatic heterocycles. The quantitative estimate of drug-likeness (QED) is 0.195. The molecule has 10 heteroatoms. The van der Waals surface area contributed by atoms with Crippen molar-refractivity contribution in [3.05, 3.63) is 94.1 Å². The number of rotatable bonds is 19. The lowest BCUT2D eigenvalue weighted by atomic mass is 9.63. The smallest absolute Gasteiger partial charge is 0.249 e. The summed E-state index contributed by atoms with van der Waals surface area (Å²) in [5.74, 6) is -3.49. The van der Waals surface area contributed by atoms with Gasteiger partial charge in [-0.15, -0.1) is 0 Å². The number of carbonyl (C=O) groups excluding carboxylic acids is 2. The van der Waals surface area contributed by atoms with E-state index in [0.717, 1.165) is 18.1 Å². The molecule has 0 spiro atoms. The van der Waals surface area contributed by atoms with Crippen molar-refractivity contribution >= 4 is 11.8 Å². The van der Waals surface area contributed by atoms with E-state index in [1.54, 1.807) is 24.0 Å². The molecule has 0 heterocycles. The van der Waals surface area contributed by atoms with Gasteiger partial charge in [0.1, 0.15) is 11.6 Å². The second kappa shape index (κ2) is 18.0. The number of allylic oxidation sites excluding steroid dienone is 2. The Bertz CT molecular complexity index is 1350. The van der Waals surface area contributed by atoms with Crippen LogP contribution >= 0.6 is 0 Å². The largest absolute Gasteiger partial charge is 0.391 e. The summed E-state index contributed by atoms with van der Waals surface area (Å²) in [6.07, 6.45) is 2.98. The Kier molecular flexibility index (Phi) is 14.5. The standard InChI is InChI=1S/C36H49F2N3O5/c1-5-26-9-8-10-27(16-26)23-40-24-33(42)32(19-28-17-30(37)20-31(38)18-28)36(35(39)44)21-25(4)15-29(22-36)34(43)41(11-13-45-6-2)12-14-46-7-3/h8-10,15-18,20-21,32-33,40,42H,5-7,11-14,19,22-24H2,1-4H3,(H2,39,44)/t32-,33+,36?/m1/s1. The van der Waals surface area contributed by atoms with Gasteiger partial charge in [-0.2, -0.15) is 0 Å². The Balaban J connectivity index is 1.96. The molecule has 3 atom stereocenters. The Morgan fingerprint density at radius 1 is 1.00 bits per heavy atom. The predicted molar refractivity (Wildman–Crippen MR) is 175 cm³/mol. The molecule has 8 nitrogen and oxygen atoms in total. The van der Waals surface area contributed by atoms with Gasteiger partial charge in [-0.25, -0.2) is 8.78 Å². The summed E-state index contributed by atoms with van der Waals surface area (Å²) in [6.45, 7) is 10.4. The van der Waals surface area contributed by atoms with Crippen molar-refractivity contribution in [2.24, 2.45) is 17.1 Å². The minimum Gasteiger partial charge on any atom is -0.391 e. The highest BCUT2D eigenvalue weighted by Gasteiger charge is 2.48. The van der Waals surface area contributed by atoms with E-state index in [4.69, 9.17) is 15.2 Å². The number of hydrogen-bond acceptors (Lipinski definition) is 6. The minimum atomic E-state index is -1.53. The van der Waals surface area contributed by atoms with Crippen molar-refractivity contribution in [2.45, 2.75) is 59.6 Å². The number of aryl methyl sites for hydroxylation is 1. The number of nitrogens with one attached hydrogen (secondary N) is 1. The lowest BCUT2D eigenvalue weighted by Gasteiger charge is -2.42. The van der Waals surface area contributed by atoms with Crippen LogP contribution in [0, 0.1) is 23.0 Å². The highest BCUT2D eigenvalue weighted by molar-refractivity contribution is 5.97. The van der Waals surface area contributed by atoms with Gasteiger partial charge in [0.05, 0.1) is 24.7 Å². The summed E-state index contributed by atoms with van der Waals surface area (Å²) >= 11 is 0. The molecule has 2 aromatic carbocycles. The van der Waals surface area contributed by atoms with E-state index in [0.29, 0.717) is 57.2 Å². The van der Waals surface area contributed by atoms with Gasteiger partial charge in [0.25, 0.3) is 0 Å². The molecule has 0 saturated carbocycles. The lowest BCUT2D eigenvalue weighted by Crippen LogP contribution is -2.52. The molecule has 4 N–H and O–H groups in total. The van der Waals surface area contributed by atoms with Gasteiger partial charge >= 0.3 is 0 Å². The second-order valence-corrected chi connectivity index (χ2v) is 11.8. The third-order valence-corrected chi connectivity index (χ3v) is 8.40. The Morgan fingerprint density at radius 3 is 2.22 bits per heavy atom. The van der Waals surface area contributed by atoms with Crippen LogP contribution in [-0.2, 0) is 38.4 Å². The van der Waals surface area contributed by atoms with Gasteiger partial charge in [0.15, 0.2) is 0 Å². The van der Waals surface area contributed by atoms with E-state index in [-0.39, 0.29) is 30.9 Å². The lowest BCUT2D eigenvalue weighted by molar-refractivity contribution is -0.132. The number of nitrogens with two attached hydrogens (primary N) is 1. The van der Waals surface area contributed by atoms with Crippen molar-refractivity contribution in [1.82, 2.24) is 10.2 Å². The third kappa shape index (κ3) is 10.3. The highest BCUT2D eigenvalue weighted by Crippen LogP contribution is 2.44. The Labute approximate surface area is 271 Å². The molecule has 2 amide bonds. The van der Waals surface area contributed by atoms with Gasteiger partial charge in [-0.1, -0.05) is 48.9 Å². The molecule has 1 unspecified atom stereocenters. The van der Waals surface area contributed by atoms with Crippen molar-refractivity contribution in [1.29, 1.82) is 0 Å². The number of halogens is 2. The molecule has 46 heavy (non-hydrogen) atoms. The van der Waals surface area contributed by atoms with Crippen molar-refractivity contribution < 1.29 is 33.0 Å². The van der Waals surface area contributed by atoms with Crippen LogP contribution in [-0.4, -0.2) is 74.0 Å². The van der Waals surface area contributed by atoms with Gasteiger partial charge < -0.3 is 30.5 Å². The van der Waals surface area contributed by atoms with Gasteiger partial charge in [0, 0.05) is 57.0 Å². The SMILES string of the molecule is CCOCCN(CCOCC)C(=O)C1=CC(C)=CC(C(N)=O)([C@H](Cc2cc(F)cc(F)c2)[C@@H](O)CNCc2cccc(CC)c2)C1. The van der Waals surface area contributed by atoms with E-state index in [1.807, 2.05) is 32.0 Å². The van der Waals surface area contributed by atoms with Gasteiger partial charge in [-0.05, 0) is 68.9 Å². The van der Waals surface area contributed by atoms with Crippen molar-refractivity contribution in [2.75, 3.05) is 46.1 Å². The number of benzene rings is 2. The maximum absolute atomic E-state index is 14.3. The van der Waals surface area contributed by atoms with E-state index in [2.05, 4.69) is 18.3 Å². The third-order valence-electron chi connectivity index (χ3n) is 8.40. The number of nitrogens with zero attached hydrogens (tertiary/aromatic N) is 1. The van der Waals surface area contributed by atoms with Gasteiger partial charge in [0.2, 0.25) is 11.8 Å². The maximum Gasteiger partial charge on any atom is 0.249 e. The molecule has 0 aliphatic heterocycles. The van der Waals surface area contributed by atoms with Gasteiger partial charge in [-0.3, -0.25) is 9.59 Å². The fourth-order valence-electron chi connectivity index (χ4n) is 6.12. The second-order valence-electron chi connectivity index (χ2n) is 11.8. The molecule has 0 bridgehead atoms. The number of amides is 2. The predicted octanol–water partition coefficient (Wildman–Crippen LogP) is 4.49. The monoisotopic (exact) mass is 641 g/mol. The number of primary amides is 1. The van der Waals surface area contributed by atoms with Crippen LogP contribution in [0.15, 0.2) is 65.8 Å². The first-order chi connectivity index (χ1) is 22.0. The molecule has 252 valence electrons. The molecule has 2 aromatic rings. The van der Waals surface area contributed by atoms with Crippen LogP contribution in [0.3, 0.4) is 0 Å². The van der Waals surface area contributed by atoms with Crippen LogP contribution in [0.2, 0.25) is 0 Å². The molecule has 0 radical (unpaired) electrons. The first-order valence-electron chi connectivity index (χ1n) is 16.1. The normalized spacial score (nSPS) is 17.6.